The summed E-state index contributed by atoms with van der Waals surface area (Å²) in [5.41, 5.74) is 0.216. The van der Waals surface area contributed by atoms with E-state index in [0.29, 0.717) is 5.92 Å². The van der Waals surface area contributed by atoms with Crippen LogP contribution in [0.1, 0.15) is 39.2 Å². The topological polar surface area (TPSA) is 29.5 Å². The Morgan fingerprint density at radius 3 is 2.39 bits per heavy atom. The Morgan fingerprint density at radius 2 is 1.89 bits per heavy atom. The zero-order chi connectivity index (χ0) is 13.6. The minimum atomic E-state index is -0.748. The minimum Gasteiger partial charge on any atom is -0.494 e. The second-order valence-electron chi connectivity index (χ2n) is 5.60. The van der Waals surface area contributed by atoms with Gasteiger partial charge in [0.05, 0.1) is 12.2 Å². The predicted octanol–water partition coefficient (Wildman–Crippen LogP) is 2.49. The molecule has 0 heterocycles. The van der Waals surface area contributed by atoms with Crippen LogP contribution in [0, 0.1) is 5.92 Å². The number of benzene rings is 1. The summed E-state index contributed by atoms with van der Waals surface area (Å²) in [6.07, 6.45) is 1.91. The Labute approximate surface area is 114 Å². The van der Waals surface area contributed by atoms with Crippen molar-refractivity contribution in [3.05, 3.63) is 29.8 Å². The van der Waals surface area contributed by atoms with E-state index in [4.69, 9.17) is 4.74 Å². The molecule has 1 aromatic carbocycles. The summed E-state index contributed by atoms with van der Waals surface area (Å²) < 4.78 is 5.64. The van der Waals surface area contributed by atoms with E-state index >= 15 is 0 Å². The van der Waals surface area contributed by atoms with Crippen molar-refractivity contribution in [1.82, 2.24) is 0 Å². The molecule has 0 aliphatic carbocycles. The standard InChI is InChI=1S/C15H26O2Si/c1-12(2)11-15(3,16)13-5-7-14(8-6-13)17-9-4-10-18/h5-8,12,16H,4,9-11H2,1-3,18H3. The predicted molar refractivity (Wildman–Crippen MR) is 80.3 cm³/mol. The smallest absolute Gasteiger partial charge is 0.119 e. The number of aliphatic hydroxyl groups is 1. The van der Waals surface area contributed by atoms with Gasteiger partial charge in [0, 0.05) is 10.2 Å². The van der Waals surface area contributed by atoms with Gasteiger partial charge in [-0.2, -0.15) is 0 Å². The summed E-state index contributed by atoms with van der Waals surface area (Å²) in [5, 5.41) is 10.4. The van der Waals surface area contributed by atoms with E-state index in [1.807, 2.05) is 31.2 Å². The maximum atomic E-state index is 10.4. The van der Waals surface area contributed by atoms with Crippen LogP contribution in [0.25, 0.3) is 0 Å². The van der Waals surface area contributed by atoms with Crippen molar-refractivity contribution in [2.24, 2.45) is 5.92 Å². The Kier molecular flexibility index (Phi) is 5.89. The molecule has 0 saturated heterocycles. The summed E-state index contributed by atoms with van der Waals surface area (Å²) in [4.78, 5) is 0. The van der Waals surface area contributed by atoms with Gasteiger partial charge in [-0.25, -0.2) is 0 Å². The Hall–Kier alpha value is -0.803. The normalized spacial score (nSPS) is 14.7. The monoisotopic (exact) mass is 266 g/mol. The molecule has 0 fully saturated rings. The average Bonchev–Trinajstić information content (AvgIpc) is 2.28. The van der Waals surface area contributed by atoms with Crippen LogP contribution in [0.5, 0.6) is 5.75 Å². The van der Waals surface area contributed by atoms with E-state index in [1.165, 1.54) is 16.3 Å². The Morgan fingerprint density at radius 1 is 1.28 bits per heavy atom. The molecular weight excluding hydrogens is 240 g/mol. The van der Waals surface area contributed by atoms with Crippen molar-refractivity contribution >= 4 is 10.2 Å². The molecule has 0 aliphatic heterocycles. The second kappa shape index (κ2) is 6.95. The minimum absolute atomic E-state index is 0.477. The van der Waals surface area contributed by atoms with Gasteiger partial charge in [-0.05, 0) is 43.4 Å². The zero-order valence-electron chi connectivity index (χ0n) is 12.1. The summed E-state index contributed by atoms with van der Waals surface area (Å²) in [6, 6.07) is 9.13. The third kappa shape index (κ3) is 4.82. The van der Waals surface area contributed by atoms with Crippen LogP contribution in [0.2, 0.25) is 6.04 Å². The van der Waals surface area contributed by atoms with Gasteiger partial charge in [0.15, 0.2) is 0 Å². The molecule has 0 saturated carbocycles. The van der Waals surface area contributed by atoms with Crippen molar-refractivity contribution in [2.45, 2.75) is 45.3 Å². The fourth-order valence-corrected chi connectivity index (χ4v) is 2.45. The van der Waals surface area contributed by atoms with Crippen LogP contribution in [0.4, 0.5) is 0 Å². The molecule has 2 nitrogen and oxygen atoms in total. The van der Waals surface area contributed by atoms with Gasteiger partial charge in [-0.1, -0.05) is 32.0 Å². The van der Waals surface area contributed by atoms with E-state index in [0.717, 1.165) is 30.8 Å². The highest BCUT2D eigenvalue weighted by Crippen LogP contribution is 2.29. The van der Waals surface area contributed by atoms with Gasteiger partial charge in [0.25, 0.3) is 0 Å². The Bertz CT molecular complexity index is 344. The van der Waals surface area contributed by atoms with Crippen LogP contribution in [-0.2, 0) is 5.60 Å². The van der Waals surface area contributed by atoms with Gasteiger partial charge >= 0.3 is 0 Å². The molecule has 0 radical (unpaired) electrons. The molecule has 1 aromatic rings. The second-order valence-corrected chi connectivity index (χ2v) is 6.60. The van der Waals surface area contributed by atoms with Crippen LogP contribution < -0.4 is 4.74 Å². The summed E-state index contributed by atoms with van der Waals surface area (Å²) in [5.74, 6) is 1.37. The highest BCUT2D eigenvalue weighted by atomic mass is 28.1. The highest BCUT2D eigenvalue weighted by Gasteiger charge is 2.23. The van der Waals surface area contributed by atoms with Crippen molar-refractivity contribution in [2.75, 3.05) is 6.61 Å². The lowest BCUT2D eigenvalue weighted by molar-refractivity contribution is 0.0348. The molecule has 1 unspecified atom stereocenters. The molecule has 0 aliphatic rings. The third-order valence-corrected chi connectivity index (χ3v) is 3.76. The summed E-state index contributed by atoms with van der Waals surface area (Å²) in [6.45, 7) is 6.93. The van der Waals surface area contributed by atoms with Crippen molar-refractivity contribution in [1.29, 1.82) is 0 Å². The molecule has 3 heteroatoms. The molecular formula is C15H26O2Si. The number of ether oxygens (including phenoxy) is 1. The van der Waals surface area contributed by atoms with E-state index in [1.54, 1.807) is 0 Å². The first-order valence-corrected chi connectivity index (χ1v) is 8.33. The van der Waals surface area contributed by atoms with Gasteiger partial charge in [-0.3, -0.25) is 0 Å². The maximum Gasteiger partial charge on any atom is 0.119 e. The number of hydrogen-bond acceptors (Lipinski definition) is 2. The van der Waals surface area contributed by atoms with Crippen LogP contribution in [-0.4, -0.2) is 22.0 Å². The van der Waals surface area contributed by atoms with E-state index in [2.05, 4.69) is 13.8 Å². The first-order valence-electron chi connectivity index (χ1n) is 6.91. The van der Waals surface area contributed by atoms with Crippen LogP contribution >= 0.6 is 0 Å². The lowest BCUT2D eigenvalue weighted by atomic mass is 9.87. The number of hydrogen-bond donors (Lipinski definition) is 1. The summed E-state index contributed by atoms with van der Waals surface area (Å²) >= 11 is 0. The fraction of sp³-hybridized carbons (Fsp3) is 0.600. The first-order chi connectivity index (χ1) is 8.45. The fourth-order valence-electron chi connectivity index (χ4n) is 2.16. The lowest BCUT2D eigenvalue weighted by Crippen LogP contribution is -2.23. The van der Waals surface area contributed by atoms with Gasteiger partial charge in [0.1, 0.15) is 5.75 Å². The molecule has 102 valence electrons. The van der Waals surface area contributed by atoms with Crippen molar-refractivity contribution < 1.29 is 9.84 Å². The Balaban J connectivity index is 2.64. The SMILES string of the molecule is CC(C)CC(C)(O)c1ccc(OCCC[SiH3])cc1. The molecule has 0 spiro atoms. The molecule has 1 N–H and O–H groups in total. The van der Waals surface area contributed by atoms with Gasteiger partial charge in [-0.15, -0.1) is 0 Å². The van der Waals surface area contributed by atoms with Crippen molar-refractivity contribution in [3.8, 4) is 5.75 Å². The first kappa shape index (κ1) is 15.3. The highest BCUT2D eigenvalue weighted by molar-refractivity contribution is 6.08. The largest absolute Gasteiger partial charge is 0.494 e. The summed E-state index contributed by atoms with van der Waals surface area (Å²) in [7, 11) is 1.24. The molecule has 18 heavy (non-hydrogen) atoms. The molecule has 1 rings (SSSR count). The van der Waals surface area contributed by atoms with E-state index in [9.17, 15) is 5.11 Å². The van der Waals surface area contributed by atoms with Gasteiger partial charge in [0.2, 0.25) is 0 Å². The van der Waals surface area contributed by atoms with Gasteiger partial charge < -0.3 is 9.84 Å². The van der Waals surface area contributed by atoms with E-state index in [-0.39, 0.29) is 0 Å². The molecule has 0 bridgehead atoms. The molecule has 0 amide bonds. The zero-order valence-corrected chi connectivity index (χ0v) is 14.1. The third-order valence-electron chi connectivity index (χ3n) is 3.05. The molecule has 0 aromatic heterocycles. The van der Waals surface area contributed by atoms with E-state index < -0.39 is 5.60 Å². The average molecular weight is 266 g/mol. The van der Waals surface area contributed by atoms with Crippen molar-refractivity contribution in [3.63, 3.8) is 0 Å². The number of rotatable bonds is 7. The quantitative estimate of drug-likeness (QED) is 0.607. The van der Waals surface area contributed by atoms with Crippen LogP contribution in [0.15, 0.2) is 24.3 Å². The maximum absolute atomic E-state index is 10.4. The van der Waals surface area contributed by atoms with Crippen LogP contribution in [0.3, 0.4) is 0 Å². The molecule has 1 atom stereocenters. The lowest BCUT2D eigenvalue weighted by Gasteiger charge is -2.26.